The van der Waals surface area contributed by atoms with Crippen LogP contribution in [0.25, 0.3) is 22.0 Å². The van der Waals surface area contributed by atoms with Gasteiger partial charge in [0.05, 0.1) is 5.56 Å². The Bertz CT molecular complexity index is 734. The van der Waals surface area contributed by atoms with E-state index in [1.54, 1.807) is 6.20 Å². The van der Waals surface area contributed by atoms with Crippen LogP contribution < -0.4 is 0 Å². The first kappa shape index (κ1) is 13.5. The number of hydrogen-bond donors (Lipinski definition) is 0. The Kier molecular flexibility index (Phi) is 3.70. The van der Waals surface area contributed by atoms with Crippen LogP contribution in [0.1, 0.15) is 5.56 Å². The van der Waals surface area contributed by atoms with E-state index in [1.807, 2.05) is 36.6 Å². The molecular weight excluding hydrogens is 313 g/mol. The minimum Gasteiger partial charge on any atom is -0.241 e. The Hall–Kier alpha value is -1.49. The van der Waals surface area contributed by atoms with Crippen molar-refractivity contribution in [1.29, 1.82) is 0 Å². The molecule has 3 nitrogen and oxygen atoms in total. The van der Waals surface area contributed by atoms with Gasteiger partial charge in [-0.3, -0.25) is 0 Å². The second-order valence-electron chi connectivity index (χ2n) is 4.16. The SMILES string of the molecule is Cc1ccccc1-c1c(Cl)nc(-c2nccs2)nc1Cl. The van der Waals surface area contributed by atoms with E-state index in [9.17, 15) is 0 Å². The Morgan fingerprint density at radius 2 is 1.75 bits per heavy atom. The minimum absolute atomic E-state index is 0.338. The maximum absolute atomic E-state index is 6.30. The van der Waals surface area contributed by atoms with E-state index < -0.39 is 0 Å². The molecule has 0 saturated carbocycles. The summed E-state index contributed by atoms with van der Waals surface area (Å²) in [5.74, 6) is 0.451. The lowest BCUT2D eigenvalue weighted by Crippen LogP contribution is -1.95. The fraction of sp³-hybridized carbons (Fsp3) is 0.0714. The van der Waals surface area contributed by atoms with Crippen LogP contribution in [0.5, 0.6) is 0 Å². The van der Waals surface area contributed by atoms with Crippen molar-refractivity contribution in [3.63, 3.8) is 0 Å². The van der Waals surface area contributed by atoms with Crippen molar-refractivity contribution >= 4 is 34.5 Å². The van der Waals surface area contributed by atoms with Crippen LogP contribution in [-0.4, -0.2) is 15.0 Å². The maximum atomic E-state index is 6.30. The molecule has 0 bridgehead atoms. The average Bonchev–Trinajstić information content (AvgIpc) is 2.94. The van der Waals surface area contributed by atoms with E-state index in [-0.39, 0.29) is 0 Å². The second-order valence-corrected chi connectivity index (χ2v) is 5.77. The van der Waals surface area contributed by atoms with Crippen LogP contribution in [0.4, 0.5) is 0 Å². The van der Waals surface area contributed by atoms with Crippen LogP contribution in [0.2, 0.25) is 10.3 Å². The molecule has 0 atom stereocenters. The third kappa shape index (κ3) is 2.42. The van der Waals surface area contributed by atoms with Crippen molar-refractivity contribution in [2.75, 3.05) is 0 Å². The summed E-state index contributed by atoms with van der Waals surface area (Å²) in [5, 5.41) is 3.23. The zero-order valence-electron chi connectivity index (χ0n) is 10.5. The van der Waals surface area contributed by atoms with Gasteiger partial charge in [0.15, 0.2) is 10.8 Å². The molecule has 2 heterocycles. The number of thiazole rings is 1. The van der Waals surface area contributed by atoms with E-state index in [1.165, 1.54) is 11.3 Å². The molecule has 100 valence electrons. The normalized spacial score (nSPS) is 10.8. The minimum atomic E-state index is 0.338. The second kappa shape index (κ2) is 5.48. The molecule has 0 N–H and O–H groups in total. The van der Waals surface area contributed by atoms with E-state index in [2.05, 4.69) is 15.0 Å². The Morgan fingerprint density at radius 3 is 2.35 bits per heavy atom. The molecule has 0 aliphatic rings. The summed E-state index contributed by atoms with van der Waals surface area (Å²) < 4.78 is 0. The molecule has 6 heteroatoms. The smallest absolute Gasteiger partial charge is 0.191 e. The van der Waals surface area contributed by atoms with Gasteiger partial charge in [-0.2, -0.15) is 0 Å². The molecule has 0 aliphatic heterocycles. The number of halogens is 2. The standard InChI is InChI=1S/C14H9Cl2N3S/c1-8-4-2-3-5-9(8)10-11(15)18-13(19-12(10)16)14-17-6-7-20-14/h2-7H,1H3. The lowest BCUT2D eigenvalue weighted by Gasteiger charge is -2.09. The van der Waals surface area contributed by atoms with E-state index in [4.69, 9.17) is 23.2 Å². The van der Waals surface area contributed by atoms with Crippen LogP contribution >= 0.6 is 34.5 Å². The number of aryl methyl sites for hydroxylation is 1. The molecule has 0 unspecified atom stereocenters. The molecule has 20 heavy (non-hydrogen) atoms. The van der Waals surface area contributed by atoms with Crippen molar-refractivity contribution in [2.24, 2.45) is 0 Å². The van der Waals surface area contributed by atoms with E-state index in [0.717, 1.165) is 11.1 Å². The number of nitrogens with zero attached hydrogens (tertiary/aromatic N) is 3. The van der Waals surface area contributed by atoms with Gasteiger partial charge in [0.2, 0.25) is 0 Å². The zero-order valence-corrected chi connectivity index (χ0v) is 12.8. The van der Waals surface area contributed by atoms with Gasteiger partial charge in [-0.25, -0.2) is 15.0 Å². The highest BCUT2D eigenvalue weighted by Crippen LogP contribution is 2.35. The first-order valence-electron chi connectivity index (χ1n) is 5.85. The van der Waals surface area contributed by atoms with Crippen molar-refractivity contribution in [1.82, 2.24) is 15.0 Å². The quantitative estimate of drug-likeness (QED) is 0.631. The number of hydrogen-bond acceptors (Lipinski definition) is 4. The molecule has 0 saturated heterocycles. The summed E-state index contributed by atoms with van der Waals surface area (Å²) in [4.78, 5) is 12.8. The largest absolute Gasteiger partial charge is 0.241 e. The molecule has 0 aliphatic carbocycles. The summed E-state index contributed by atoms with van der Waals surface area (Å²) in [7, 11) is 0. The van der Waals surface area contributed by atoms with Gasteiger partial charge in [-0.15, -0.1) is 11.3 Å². The van der Waals surface area contributed by atoms with Crippen LogP contribution in [0.15, 0.2) is 35.8 Å². The molecular formula is C14H9Cl2N3S. The van der Waals surface area contributed by atoms with Crippen molar-refractivity contribution in [3.05, 3.63) is 51.7 Å². The Balaban J connectivity index is 2.17. The predicted octanol–water partition coefficient (Wildman–Crippen LogP) is 4.88. The van der Waals surface area contributed by atoms with Crippen molar-refractivity contribution < 1.29 is 0 Å². The van der Waals surface area contributed by atoms with Crippen LogP contribution in [-0.2, 0) is 0 Å². The lowest BCUT2D eigenvalue weighted by atomic mass is 10.0. The van der Waals surface area contributed by atoms with E-state index in [0.29, 0.717) is 26.7 Å². The zero-order chi connectivity index (χ0) is 14.1. The fourth-order valence-corrected chi connectivity index (χ4v) is 3.07. The summed E-state index contributed by atoms with van der Waals surface area (Å²) in [6.07, 6.45) is 1.69. The van der Waals surface area contributed by atoms with Gasteiger partial charge in [0.25, 0.3) is 0 Å². The van der Waals surface area contributed by atoms with Crippen molar-refractivity contribution in [3.8, 4) is 22.0 Å². The maximum Gasteiger partial charge on any atom is 0.191 e. The van der Waals surface area contributed by atoms with Gasteiger partial charge >= 0.3 is 0 Å². The highest BCUT2D eigenvalue weighted by Gasteiger charge is 2.16. The predicted molar refractivity (Wildman–Crippen MR) is 83.3 cm³/mol. The first-order valence-corrected chi connectivity index (χ1v) is 7.49. The van der Waals surface area contributed by atoms with Gasteiger partial charge in [0, 0.05) is 11.6 Å². The van der Waals surface area contributed by atoms with Crippen LogP contribution in [0.3, 0.4) is 0 Å². The molecule has 0 radical (unpaired) electrons. The molecule has 0 spiro atoms. The third-order valence-electron chi connectivity index (χ3n) is 2.86. The number of benzene rings is 1. The summed E-state index contributed by atoms with van der Waals surface area (Å²) in [6.45, 7) is 2.00. The Labute approximate surface area is 130 Å². The topological polar surface area (TPSA) is 38.7 Å². The average molecular weight is 322 g/mol. The Morgan fingerprint density at radius 1 is 1.05 bits per heavy atom. The molecule has 2 aromatic heterocycles. The summed E-state index contributed by atoms with van der Waals surface area (Å²) in [6, 6.07) is 7.85. The molecule has 3 aromatic rings. The van der Waals surface area contributed by atoms with Crippen molar-refractivity contribution in [2.45, 2.75) is 6.92 Å². The number of rotatable bonds is 2. The molecule has 0 amide bonds. The first-order chi connectivity index (χ1) is 9.66. The summed E-state index contributed by atoms with van der Waals surface area (Å²) >= 11 is 14.0. The highest BCUT2D eigenvalue weighted by atomic mass is 35.5. The van der Waals surface area contributed by atoms with Gasteiger partial charge in [0.1, 0.15) is 10.3 Å². The molecule has 3 rings (SSSR count). The third-order valence-corrected chi connectivity index (χ3v) is 4.17. The molecule has 1 aromatic carbocycles. The van der Waals surface area contributed by atoms with Crippen LogP contribution in [0, 0.1) is 6.92 Å². The van der Waals surface area contributed by atoms with Gasteiger partial charge < -0.3 is 0 Å². The van der Waals surface area contributed by atoms with Gasteiger partial charge in [-0.05, 0) is 18.1 Å². The fourth-order valence-electron chi connectivity index (χ4n) is 1.91. The highest BCUT2D eigenvalue weighted by molar-refractivity contribution is 7.13. The summed E-state index contributed by atoms with van der Waals surface area (Å²) in [5.41, 5.74) is 2.67. The number of aromatic nitrogens is 3. The van der Waals surface area contributed by atoms with E-state index >= 15 is 0 Å². The monoisotopic (exact) mass is 321 g/mol. The van der Waals surface area contributed by atoms with Gasteiger partial charge in [-0.1, -0.05) is 47.5 Å². The molecule has 0 fully saturated rings. The lowest BCUT2D eigenvalue weighted by molar-refractivity contribution is 1.16.